The molecule has 1 saturated heterocycles. The maximum absolute atomic E-state index is 12.2. The van der Waals surface area contributed by atoms with Gasteiger partial charge in [-0.15, -0.1) is 0 Å². The molecule has 1 spiro atoms. The predicted octanol–water partition coefficient (Wildman–Crippen LogP) is 2.00. The molecule has 4 rings (SSSR count). The number of phenols is 2. The lowest BCUT2D eigenvalue weighted by atomic mass is 10.1. The molecule has 24 heavy (non-hydrogen) atoms. The number of nitrogens with zero attached hydrogens (tertiary/aromatic N) is 1. The molecule has 2 aromatic rings. The van der Waals surface area contributed by atoms with Crippen molar-refractivity contribution in [3.8, 4) is 11.5 Å². The molecule has 122 valence electrons. The Morgan fingerprint density at radius 2 is 1.96 bits per heavy atom. The minimum atomic E-state index is -1.39. The van der Waals surface area contributed by atoms with Crippen molar-refractivity contribution in [2.75, 3.05) is 18.5 Å². The van der Waals surface area contributed by atoms with Crippen molar-refractivity contribution in [2.24, 2.45) is 4.99 Å². The zero-order chi connectivity index (χ0) is 16.7. The van der Waals surface area contributed by atoms with E-state index >= 15 is 0 Å². The molecular weight excluding hydrogens is 312 g/mol. The molecule has 7 heteroatoms. The Morgan fingerprint density at radius 3 is 2.75 bits per heavy atom. The van der Waals surface area contributed by atoms with E-state index in [9.17, 15) is 15.0 Å². The fraction of sp³-hybridized carbons (Fsp3) is 0.176. The number of carbonyl (C=O) groups excluding carboxylic acids is 1. The third kappa shape index (κ3) is 2.14. The first-order valence-corrected chi connectivity index (χ1v) is 7.39. The number of carbonyl (C=O) groups is 1. The van der Waals surface area contributed by atoms with Gasteiger partial charge in [-0.3, -0.25) is 9.79 Å². The van der Waals surface area contributed by atoms with Crippen molar-refractivity contribution in [2.45, 2.75) is 5.79 Å². The average molecular weight is 326 g/mol. The van der Waals surface area contributed by atoms with Crippen molar-refractivity contribution in [1.82, 2.24) is 0 Å². The summed E-state index contributed by atoms with van der Waals surface area (Å²) < 4.78 is 11.1. The van der Waals surface area contributed by atoms with Crippen LogP contribution in [-0.4, -0.2) is 35.5 Å². The lowest BCUT2D eigenvalue weighted by Gasteiger charge is -2.19. The molecule has 0 saturated carbocycles. The van der Waals surface area contributed by atoms with Crippen LogP contribution >= 0.6 is 0 Å². The number of hydrogen-bond acceptors (Lipinski definition) is 6. The van der Waals surface area contributed by atoms with Gasteiger partial charge in [-0.1, -0.05) is 6.07 Å². The lowest BCUT2D eigenvalue weighted by Crippen LogP contribution is -2.35. The number of rotatable bonds is 2. The van der Waals surface area contributed by atoms with Crippen molar-refractivity contribution in [3.63, 3.8) is 0 Å². The molecule has 0 unspecified atom stereocenters. The summed E-state index contributed by atoms with van der Waals surface area (Å²) in [6.07, 6.45) is 1.43. The van der Waals surface area contributed by atoms with Crippen molar-refractivity contribution < 1.29 is 24.5 Å². The van der Waals surface area contributed by atoms with Crippen molar-refractivity contribution in [3.05, 3.63) is 47.5 Å². The molecule has 0 aliphatic carbocycles. The van der Waals surface area contributed by atoms with Crippen LogP contribution in [0.15, 0.2) is 41.4 Å². The summed E-state index contributed by atoms with van der Waals surface area (Å²) in [5.74, 6) is -2.19. The van der Waals surface area contributed by atoms with Gasteiger partial charge in [0.15, 0.2) is 11.5 Å². The van der Waals surface area contributed by atoms with Gasteiger partial charge in [-0.25, -0.2) is 0 Å². The van der Waals surface area contributed by atoms with Crippen LogP contribution in [0.25, 0.3) is 0 Å². The van der Waals surface area contributed by atoms with Gasteiger partial charge in [0.25, 0.3) is 11.7 Å². The number of aromatic hydroxyl groups is 2. The first kappa shape index (κ1) is 14.7. The lowest BCUT2D eigenvalue weighted by molar-refractivity contribution is -0.178. The number of phenolic OH excluding ortho intramolecular Hbond substituents is 2. The highest BCUT2D eigenvalue weighted by molar-refractivity contribution is 6.04. The molecule has 2 aliphatic heterocycles. The normalized spacial score (nSPS) is 18.2. The van der Waals surface area contributed by atoms with Gasteiger partial charge in [-0.2, -0.15) is 0 Å². The third-order valence-electron chi connectivity index (χ3n) is 4.00. The number of nitrogens with one attached hydrogen (secondary N) is 1. The molecule has 2 heterocycles. The van der Waals surface area contributed by atoms with Gasteiger partial charge in [0.05, 0.1) is 24.6 Å². The number of ether oxygens (including phenoxy) is 2. The fourth-order valence-corrected chi connectivity index (χ4v) is 2.82. The summed E-state index contributed by atoms with van der Waals surface area (Å²) >= 11 is 0. The maximum atomic E-state index is 12.2. The highest BCUT2D eigenvalue weighted by Gasteiger charge is 2.52. The second kappa shape index (κ2) is 5.33. The maximum Gasteiger partial charge on any atom is 0.289 e. The van der Waals surface area contributed by atoms with Crippen LogP contribution in [0, 0.1) is 0 Å². The Hall–Kier alpha value is -2.90. The number of amides is 1. The van der Waals surface area contributed by atoms with Crippen LogP contribution in [0.5, 0.6) is 11.5 Å². The molecule has 0 atom stereocenters. The number of benzene rings is 2. The van der Waals surface area contributed by atoms with Gasteiger partial charge in [0.1, 0.15) is 0 Å². The summed E-state index contributed by atoms with van der Waals surface area (Å²) in [7, 11) is 0. The van der Waals surface area contributed by atoms with Crippen molar-refractivity contribution in [1.29, 1.82) is 0 Å². The molecule has 2 aromatic carbocycles. The quantitative estimate of drug-likeness (QED) is 0.579. The van der Waals surface area contributed by atoms with E-state index in [0.717, 1.165) is 0 Å². The number of aliphatic imine (C=N–C) groups is 1. The summed E-state index contributed by atoms with van der Waals surface area (Å²) in [6, 6.07) is 9.77. The molecular formula is C17H14N2O5. The van der Waals surface area contributed by atoms with E-state index in [1.807, 2.05) is 0 Å². The smallest absolute Gasteiger partial charge is 0.289 e. The molecule has 2 aliphatic rings. The van der Waals surface area contributed by atoms with E-state index in [1.165, 1.54) is 12.3 Å². The molecule has 0 radical (unpaired) electrons. The summed E-state index contributed by atoms with van der Waals surface area (Å²) in [4.78, 5) is 16.5. The topological polar surface area (TPSA) is 100 Å². The molecule has 1 amide bonds. The number of para-hydroxylation sites is 1. The fourth-order valence-electron chi connectivity index (χ4n) is 2.82. The zero-order valence-corrected chi connectivity index (χ0v) is 12.5. The Labute approximate surface area is 137 Å². The second-order valence-corrected chi connectivity index (χ2v) is 5.47. The first-order valence-electron chi connectivity index (χ1n) is 7.39. The highest BCUT2D eigenvalue weighted by Crippen LogP contribution is 2.43. The number of anilines is 1. The predicted molar refractivity (Wildman–Crippen MR) is 85.7 cm³/mol. The minimum Gasteiger partial charge on any atom is -0.504 e. The first-order chi connectivity index (χ1) is 11.6. The van der Waals surface area contributed by atoms with Crippen LogP contribution in [0.2, 0.25) is 0 Å². The third-order valence-corrected chi connectivity index (χ3v) is 4.00. The molecule has 1 fully saturated rings. The van der Waals surface area contributed by atoms with Crippen LogP contribution in [0.1, 0.15) is 11.1 Å². The standard InChI is InChI=1S/C17H14N2O5/c20-14-3-1-2-10(15(14)21)9-18-11-4-5-13-12(8-11)17(16(22)19-13)23-6-7-24-17/h1-5,8-9,20-21H,6-7H2,(H,19,22). The number of fused-ring (bicyclic) bond motifs is 2. The van der Waals surface area contributed by atoms with Crippen LogP contribution in [0.4, 0.5) is 11.4 Å². The van der Waals surface area contributed by atoms with Crippen LogP contribution in [0.3, 0.4) is 0 Å². The second-order valence-electron chi connectivity index (χ2n) is 5.47. The monoisotopic (exact) mass is 326 g/mol. The van der Waals surface area contributed by atoms with Gasteiger partial charge in [0, 0.05) is 17.3 Å². The molecule has 0 bridgehead atoms. The molecule has 3 N–H and O–H groups in total. The number of hydrogen-bond donors (Lipinski definition) is 3. The van der Waals surface area contributed by atoms with Gasteiger partial charge in [-0.05, 0) is 30.3 Å². The van der Waals surface area contributed by atoms with E-state index < -0.39 is 5.79 Å². The largest absolute Gasteiger partial charge is 0.504 e. The average Bonchev–Trinajstić information content (AvgIpc) is 3.17. The Bertz CT molecular complexity index is 856. The van der Waals surface area contributed by atoms with Crippen molar-refractivity contribution >= 4 is 23.5 Å². The van der Waals surface area contributed by atoms with E-state index in [-0.39, 0.29) is 17.4 Å². The zero-order valence-electron chi connectivity index (χ0n) is 12.5. The highest BCUT2D eigenvalue weighted by atomic mass is 16.7. The molecule has 7 nitrogen and oxygen atoms in total. The van der Waals surface area contributed by atoms with Crippen LogP contribution in [-0.2, 0) is 20.1 Å². The van der Waals surface area contributed by atoms with E-state index in [0.29, 0.717) is 35.7 Å². The van der Waals surface area contributed by atoms with Gasteiger partial charge < -0.3 is 25.0 Å². The summed E-state index contributed by atoms with van der Waals surface area (Å²) in [5, 5.41) is 22.0. The summed E-state index contributed by atoms with van der Waals surface area (Å²) in [5.41, 5.74) is 2.15. The Balaban J connectivity index is 1.69. The van der Waals surface area contributed by atoms with Gasteiger partial charge in [0.2, 0.25) is 0 Å². The van der Waals surface area contributed by atoms with Gasteiger partial charge >= 0.3 is 0 Å². The summed E-state index contributed by atoms with van der Waals surface area (Å²) in [6.45, 7) is 0.690. The molecule has 0 aromatic heterocycles. The minimum absolute atomic E-state index is 0.214. The van der Waals surface area contributed by atoms with E-state index in [4.69, 9.17) is 9.47 Å². The Kier molecular flexibility index (Phi) is 3.26. The Morgan fingerprint density at radius 1 is 1.17 bits per heavy atom. The SMILES string of the molecule is O=C1Nc2ccc(N=Cc3cccc(O)c3O)cc2C12OCCO2. The van der Waals surface area contributed by atoms with E-state index in [1.54, 1.807) is 30.3 Å². The van der Waals surface area contributed by atoms with Crippen LogP contribution < -0.4 is 5.32 Å². The van der Waals surface area contributed by atoms with E-state index in [2.05, 4.69) is 10.3 Å².